The fraction of sp³-hybridized carbons (Fsp3) is 0.310. The molecule has 0 saturated carbocycles. The molecule has 7 heteroatoms. The summed E-state index contributed by atoms with van der Waals surface area (Å²) >= 11 is 1.73. The number of carbonyl (C=O) groups excluding carboxylic acids is 1. The van der Waals surface area contributed by atoms with E-state index in [1.807, 2.05) is 23.1 Å². The van der Waals surface area contributed by atoms with E-state index in [4.69, 9.17) is 14.2 Å². The lowest BCUT2D eigenvalue weighted by Crippen LogP contribution is -2.39. The SMILES string of the molecule is O=C(C1CCCO1)N1CCOc2c(cc(-c3csc4ccccc34)cc2OCCc2ccccn2)C1. The highest BCUT2D eigenvalue weighted by molar-refractivity contribution is 7.17. The Balaban J connectivity index is 1.34. The third-order valence-electron chi connectivity index (χ3n) is 6.75. The summed E-state index contributed by atoms with van der Waals surface area (Å²) in [5.41, 5.74) is 4.17. The van der Waals surface area contributed by atoms with Gasteiger partial charge in [-0.05, 0) is 54.1 Å². The highest BCUT2D eigenvalue weighted by Gasteiger charge is 2.31. The van der Waals surface area contributed by atoms with E-state index in [0.717, 1.165) is 41.0 Å². The molecule has 2 aliphatic rings. The Morgan fingerprint density at radius 3 is 2.92 bits per heavy atom. The molecule has 0 spiro atoms. The maximum atomic E-state index is 13.2. The van der Waals surface area contributed by atoms with E-state index >= 15 is 0 Å². The van der Waals surface area contributed by atoms with Crippen LogP contribution in [0.25, 0.3) is 21.2 Å². The van der Waals surface area contributed by atoms with Crippen molar-refractivity contribution in [3.8, 4) is 22.6 Å². The Morgan fingerprint density at radius 2 is 2.06 bits per heavy atom. The van der Waals surface area contributed by atoms with E-state index in [1.54, 1.807) is 17.5 Å². The van der Waals surface area contributed by atoms with Gasteiger partial charge < -0.3 is 19.1 Å². The van der Waals surface area contributed by atoms with Crippen LogP contribution in [-0.4, -0.2) is 48.3 Å². The molecule has 184 valence electrons. The predicted octanol–water partition coefficient (Wildman–Crippen LogP) is 5.48. The monoisotopic (exact) mass is 500 g/mol. The topological polar surface area (TPSA) is 60.9 Å². The van der Waals surface area contributed by atoms with Crippen molar-refractivity contribution in [1.82, 2.24) is 9.88 Å². The highest BCUT2D eigenvalue weighted by atomic mass is 32.1. The zero-order chi connectivity index (χ0) is 24.3. The van der Waals surface area contributed by atoms with Crippen molar-refractivity contribution in [2.24, 2.45) is 0 Å². The van der Waals surface area contributed by atoms with Crippen molar-refractivity contribution in [2.45, 2.75) is 31.9 Å². The Hall–Kier alpha value is -3.42. The first-order chi connectivity index (χ1) is 17.8. The average molecular weight is 501 g/mol. The molecule has 1 fully saturated rings. The predicted molar refractivity (Wildman–Crippen MR) is 141 cm³/mol. The second kappa shape index (κ2) is 10.3. The molecule has 2 aromatic carbocycles. The highest BCUT2D eigenvalue weighted by Crippen LogP contribution is 2.42. The number of ether oxygens (including phenoxy) is 3. The number of pyridine rings is 1. The van der Waals surface area contributed by atoms with Crippen LogP contribution in [-0.2, 0) is 22.5 Å². The maximum Gasteiger partial charge on any atom is 0.252 e. The first-order valence-electron chi connectivity index (χ1n) is 12.5. The summed E-state index contributed by atoms with van der Waals surface area (Å²) < 4.78 is 19.5. The zero-order valence-electron chi connectivity index (χ0n) is 20.0. The molecule has 4 heterocycles. The maximum absolute atomic E-state index is 13.2. The molecular formula is C29H28N2O4S. The lowest BCUT2D eigenvalue weighted by molar-refractivity contribution is -0.141. The van der Waals surface area contributed by atoms with Crippen LogP contribution in [0.1, 0.15) is 24.1 Å². The quantitative estimate of drug-likeness (QED) is 0.351. The lowest BCUT2D eigenvalue weighted by atomic mass is 10.0. The zero-order valence-corrected chi connectivity index (χ0v) is 20.8. The first-order valence-corrected chi connectivity index (χ1v) is 13.3. The second-order valence-electron chi connectivity index (χ2n) is 9.14. The van der Waals surface area contributed by atoms with Crippen LogP contribution < -0.4 is 9.47 Å². The van der Waals surface area contributed by atoms with Crippen LogP contribution in [0.5, 0.6) is 11.5 Å². The molecule has 1 atom stereocenters. The number of fused-ring (bicyclic) bond motifs is 2. The standard InChI is InChI=1S/C29H28N2O4S/c32-29(25-8-5-13-33-25)31-12-15-35-28-21(18-31)16-20(24-19-36-27-9-2-1-7-23(24)27)17-26(28)34-14-10-22-6-3-4-11-30-22/h1-4,6-7,9,11,16-17,19,25H,5,8,10,12-15,18H2. The van der Waals surface area contributed by atoms with Crippen molar-refractivity contribution in [3.63, 3.8) is 0 Å². The minimum Gasteiger partial charge on any atom is -0.489 e. The van der Waals surface area contributed by atoms with Crippen LogP contribution in [0.3, 0.4) is 0 Å². The summed E-state index contributed by atoms with van der Waals surface area (Å²) in [6, 6.07) is 18.5. The third-order valence-corrected chi connectivity index (χ3v) is 7.71. The van der Waals surface area contributed by atoms with Crippen molar-refractivity contribution < 1.29 is 19.0 Å². The van der Waals surface area contributed by atoms with E-state index in [1.165, 1.54) is 10.1 Å². The third kappa shape index (κ3) is 4.68. The number of nitrogens with zero attached hydrogens (tertiary/aromatic N) is 2. The van der Waals surface area contributed by atoms with Gasteiger partial charge in [-0.2, -0.15) is 0 Å². The lowest BCUT2D eigenvalue weighted by Gasteiger charge is -2.23. The second-order valence-corrected chi connectivity index (χ2v) is 10.0. The van der Waals surface area contributed by atoms with Crippen LogP contribution >= 0.6 is 11.3 Å². The summed E-state index contributed by atoms with van der Waals surface area (Å²) in [6.07, 6.45) is 3.87. The molecule has 0 aliphatic carbocycles. The molecule has 6 rings (SSSR count). The molecular weight excluding hydrogens is 472 g/mol. The number of hydrogen-bond donors (Lipinski definition) is 0. The van der Waals surface area contributed by atoms with E-state index < -0.39 is 0 Å². The van der Waals surface area contributed by atoms with Crippen LogP contribution in [0.2, 0.25) is 0 Å². The van der Waals surface area contributed by atoms with E-state index in [0.29, 0.717) is 45.1 Å². The minimum atomic E-state index is -0.343. The molecule has 0 bridgehead atoms. The Kier molecular flexibility index (Phi) is 6.57. The van der Waals surface area contributed by atoms with Gasteiger partial charge in [-0.1, -0.05) is 24.3 Å². The number of benzene rings is 2. The van der Waals surface area contributed by atoms with Crippen molar-refractivity contribution in [3.05, 3.63) is 77.4 Å². The fourth-order valence-corrected chi connectivity index (χ4v) is 5.89. The van der Waals surface area contributed by atoms with Gasteiger partial charge in [-0.15, -0.1) is 11.3 Å². The molecule has 1 saturated heterocycles. The van der Waals surface area contributed by atoms with Crippen LogP contribution in [0.15, 0.2) is 66.2 Å². The summed E-state index contributed by atoms with van der Waals surface area (Å²) in [5.74, 6) is 1.48. The normalized spacial score (nSPS) is 17.4. The molecule has 4 aromatic rings. The molecule has 6 nitrogen and oxygen atoms in total. The van der Waals surface area contributed by atoms with Gasteiger partial charge in [0, 0.05) is 52.7 Å². The van der Waals surface area contributed by atoms with Crippen molar-refractivity contribution >= 4 is 27.3 Å². The smallest absolute Gasteiger partial charge is 0.252 e. The fourth-order valence-electron chi connectivity index (χ4n) is 4.92. The van der Waals surface area contributed by atoms with Gasteiger partial charge in [0.2, 0.25) is 0 Å². The number of hydrogen-bond acceptors (Lipinski definition) is 6. The molecule has 36 heavy (non-hydrogen) atoms. The Morgan fingerprint density at radius 1 is 1.14 bits per heavy atom. The largest absolute Gasteiger partial charge is 0.489 e. The van der Waals surface area contributed by atoms with E-state index in [-0.39, 0.29) is 12.0 Å². The summed E-state index contributed by atoms with van der Waals surface area (Å²) in [5, 5.41) is 3.40. The minimum absolute atomic E-state index is 0.0490. The Labute approximate surface area is 214 Å². The first kappa shape index (κ1) is 23.0. The van der Waals surface area contributed by atoms with Gasteiger partial charge in [0.1, 0.15) is 12.7 Å². The molecule has 1 unspecified atom stereocenters. The summed E-state index contributed by atoms with van der Waals surface area (Å²) in [4.78, 5) is 19.5. The molecule has 1 amide bonds. The molecule has 2 aromatic heterocycles. The van der Waals surface area contributed by atoms with E-state index in [9.17, 15) is 4.79 Å². The summed E-state index contributed by atoms with van der Waals surface area (Å²) in [7, 11) is 0. The molecule has 0 radical (unpaired) electrons. The van der Waals surface area contributed by atoms with Gasteiger partial charge in [-0.25, -0.2) is 0 Å². The van der Waals surface area contributed by atoms with Gasteiger partial charge >= 0.3 is 0 Å². The number of amides is 1. The van der Waals surface area contributed by atoms with Gasteiger partial charge in [0.05, 0.1) is 13.2 Å². The van der Waals surface area contributed by atoms with Crippen molar-refractivity contribution in [1.29, 1.82) is 0 Å². The van der Waals surface area contributed by atoms with Crippen LogP contribution in [0, 0.1) is 0 Å². The van der Waals surface area contributed by atoms with Crippen LogP contribution in [0.4, 0.5) is 0 Å². The van der Waals surface area contributed by atoms with Crippen molar-refractivity contribution in [2.75, 3.05) is 26.4 Å². The Bertz CT molecular complexity index is 1360. The van der Waals surface area contributed by atoms with E-state index in [2.05, 4.69) is 46.8 Å². The number of aromatic nitrogens is 1. The molecule has 2 aliphatic heterocycles. The summed E-state index contributed by atoms with van der Waals surface area (Å²) in [6.45, 7) is 2.56. The number of rotatable bonds is 6. The number of carbonyl (C=O) groups is 1. The average Bonchev–Trinajstić information content (AvgIpc) is 3.55. The van der Waals surface area contributed by atoms with Gasteiger partial charge in [0.25, 0.3) is 5.91 Å². The van der Waals surface area contributed by atoms with Gasteiger partial charge in [-0.3, -0.25) is 9.78 Å². The number of thiophene rings is 1. The van der Waals surface area contributed by atoms with Gasteiger partial charge in [0.15, 0.2) is 11.5 Å². The molecule has 0 N–H and O–H groups in total.